The first-order chi connectivity index (χ1) is 7.66. The van der Waals surface area contributed by atoms with Crippen LogP contribution in [0.25, 0.3) is 0 Å². The number of hydrogen-bond acceptors (Lipinski definition) is 2. The van der Waals surface area contributed by atoms with Crippen LogP contribution in [-0.2, 0) is 4.79 Å². The van der Waals surface area contributed by atoms with Gasteiger partial charge in [0.1, 0.15) is 5.82 Å². The van der Waals surface area contributed by atoms with Crippen molar-refractivity contribution in [3.63, 3.8) is 0 Å². The number of hydrogen-bond donors (Lipinski definition) is 2. The number of nitrogens with one attached hydrogen (secondary N) is 2. The third kappa shape index (κ3) is 2.28. The van der Waals surface area contributed by atoms with Gasteiger partial charge < -0.3 is 10.6 Å². The van der Waals surface area contributed by atoms with E-state index in [1.165, 1.54) is 12.1 Å². The van der Waals surface area contributed by atoms with Gasteiger partial charge in [0.05, 0.1) is 0 Å². The first kappa shape index (κ1) is 10.8. The zero-order valence-corrected chi connectivity index (χ0v) is 9.01. The van der Waals surface area contributed by atoms with E-state index < -0.39 is 0 Å². The SMILES string of the molecule is CC(C(=O)Nc1ccc(F)cc1)=C1CNC1. The Bertz CT molecular complexity index is 431. The lowest BCUT2D eigenvalue weighted by atomic mass is 10.0. The molecule has 2 N–H and O–H groups in total. The second kappa shape index (κ2) is 4.45. The molecule has 3 nitrogen and oxygen atoms in total. The molecule has 1 aliphatic heterocycles. The molecular formula is C12H13FN2O. The Hall–Kier alpha value is -1.68. The van der Waals surface area contributed by atoms with E-state index in [1.54, 1.807) is 19.1 Å². The normalized spacial score (nSPS) is 14.2. The van der Waals surface area contributed by atoms with Crippen LogP contribution in [0.4, 0.5) is 10.1 Å². The third-order valence-electron chi connectivity index (χ3n) is 2.65. The molecule has 16 heavy (non-hydrogen) atoms. The fraction of sp³-hybridized carbons (Fsp3) is 0.250. The van der Waals surface area contributed by atoms with Crippen LogP contribution in [0, 0.1) is 5.82 Å². The zero-order chi connectivity index (χ0) is 11.5. The number of amides is 1. The van der Waals surface area contributed by atoms with E-state index in [2.05, 4.69) is 10.6 Å². The van der Waals surface area contributed by atoms with Gasteiger partial charge in [-0.25, -0.2) is 4.39 Å². The molecule has 1 fully saturated rings. The van der Waals surface area contributed by atoms with Gasteiger partial charge in [-0.3, -0.25) is 4.79 Å². The van der Waals surface area contributed by atoms with E-state index in [-0.39, 0.29) is 11.7 Å². The molecule has 0 radical (unpaired) electrons. The maximum absolute atomic E-state index is 12.6. The van der Waals surface area contributed by atoms with Crippen molar-refractivity contribution in [1.82, 2.24) is 5.32 Å². The minimum Gasteiger partial charge on any atom is -0.322 e. The van der Waals surface area contributed by atoms with Crippen LogP contribution in [0.2, 0.25) is 0 Å². The quantitative estimate of drug-likeness (QED) is 0.744. The molecule has 0 bridgehead atoms. The predicted octanol–water partition coefficient (Wildman–Crippen LogP) is 1.68. The van der Waals surface area contributed by atoms with Gasteiger partial charge in [-0.2, -0.15) is 0 Å². The largest absolute Gasteiger partial charge is 0.322 e. The molecule has 1 aliphatic rings. The standard InChI is InChI=1S/C12H13FN2O/c1-8(9-6-14-7-9)12(16)15-11-4-2-10(13)3-5-11/h2-5,14H,6-7H2,1H3,(H,15,16). The number of anilines is 1. The number of halogens is 1. The lowest BCUT2D eigenvalue weighted by Gasteiger charge is -2.21. The number of carbonyl (C=O) groups excluding carboxylic acids is 1. The number of rotatable bonds is 2. The predicted molar refractivity (Wildman–Crippen MR) is 60.6 cm³/mol. The molecule has 0 spiro atoms. The highest BCUT2D eigenvalue weighted by atomic mass is 19.1. The first-order valence-electron chi connectivity index (χ1n) is 5.13. The van der Waals surface area contributed by atoms with E-state index in [0.29, 0.717) is 5.69 Å². The van der Waals surface area contributed by atoms with Crippen LogP contribution < -0.4 is 10.6 Å². The maximum Gasteiger partial charge on any atom is 0.251 e. The van der Waals surface area contributed by atoms with Crippen LogP contribution >= 0.6 is 0 Å². The molecule has 0 aromatic heterocycles. The van der Waals surface area contributed by atoms with Gasteiger partial charge in [0, 0.05) is 24.4 Å². The molecular weight excluding hydrogens is 207 g/mol. The van der Waals surface area contributed by atoms with Gasteiger partial charge in [0.25, 0.3) is 5.91 Å². The summed E-state index contributed by atoms with van der Waals surface area (Å²) in [5, 5.41) is 5.81. The summed E-state index contributed by atoms with van der Waals surface area (Å²) in [6.07, 6.45) is 0. The monoisotopic (exact) mass is 220 g/mol. The fourth-order valence-electron chi connectivity index (χ4n) is 1.43. The van der Waals surface area contributed by atoms with Crippen molar-refractivity contribution in [2.75, 3.05) is 18.4 Å². The van der Waals surface area contributed by atoms with Crippen molar-refractivity contribution in [1.29, 1.82) is 0 Å². The maximum atomic E-state index is 12.6. The van der Waals surface area contributed by atoms with E-state index in [9.17, 15) is 9.18 Å². The lowest BCUT2D eigenvalue weighted by Crippen LogP contribution is -2.36. The molecule has 1 saturated heterocycles. The summed E-state index contributed by atoms with van der Waals surface area (Å²) in [5.41, 5.74) is 2.47. The fourth-order valence-corrected chi connectivity index (χ4v) is 1.43. The molecule has 84 valence electrons. The van der Waals surface area contributed by atoms with Crippen molar-refractivity contribution in [2.24, 2.45) is 0 Å². The Kier molecular flexibility index (Phi) is 3.01. The van der Waals surface area contributed by atoms with Gasteiger partial charge in [-0.1, -0.05) is 0 Å². The van der Waals surface area contributed by atoms with Crippen molar-refractivity contribution in [2.45, 2.75) is 6.92 Å². The summed E-state index contributed by atoms with van der Waals surface area (Å²) >= 11 is 0. The van der Waals surface area contributed by atoms with Crippen LogP contribution in [-0.4, -0.2) is 19.0 Å². The summed E-state index contributed by atoms with van der Waals surface area (Å²) in [5.74, 6) is -0.431. The molecule has 1 amide bonds. The Labute approximate surface area is 93.4 Å². The number of carbonyl (C=O) groups is 1. The Morgan fingerprint density at radius 3 is 2.44 bits per heavy atom. The molecule has 0 aliphatic carbocycles. The smallest absolute Gasteiger partial charge is 0.251 e. The molecule has 0 unspecified atom stereocenters. The van der Waals surface area contributed by atoms with Crippen molar-refractivity contribution in [3.05, 3.63) is 41.2 Å². The van der Waals surface area contributed by atoms with E-state index >= 15 is 0 Å². The van der Waals surface area contributed by atoms with Crippen molar-refractivity contribution < 1.29 is 9.18 Å². The van der Waals surface area contributed by atoms with Gasteiger partial charge in [0.15, 0.2) is 0 Å². The van der Waals surface area contributed by atoms with E-state index in [1.807, 2.05) is 0 Å². The van der Waals surface area contributed by atoms with Crippen LogP contribution in [0.15, 0.2) is 35.4 Å². The molecule has 1 aromatic carbocycles. The Morgan fingerprint density at radius 1 is 1.31 bits per heavy atom. The summed E-state index contributed by atoms with van der Waals surface area (Å²) < 4.78 is 12.6. The van der Waals surface area contributed by atoms with E-state index in [4.69, 9.17) is 0 Å². The van der Waals surface area contributed by atoms with Crippen molar-refractivity contribution in [3.8, 4) is 0 Å². The van der Waals surface area contributed by atoms with Crippen LogP contribution in [0.5, 0.6) is 0 Å². The number of benzene rings is 1. The summed E-state index contributed by atoms with van der Waals surface area (Å²) in [6.45, 7) is 3.36. The third-order valence-corrected chi connectivity index (χ3v) is 2.65. The summed E-state index contributed by atoms with van der Waals surface area (Å²) in [6, 6.07) is 5.74. The molecule has 1 heterocycles. The van der Waals surface area contributed by atoms with Gasteiger partial charge in [-0.15, -0.1) is 0 Å². The highest BCUT2D eigenvalue weighted by Gasteiger charge is 2.15. The summed E-state index contributed by atoms with van der Waals surface area (Å²) in [7, 11) is 0. The molecule has 0 atom stereocenters. The highest BCUT2D eigenvalue weighted by molar-refractivity contribution is 6.04. The van der Waals surface area contributed by atoms with Gasteiger partial charge in [-0.05, 0) is 36.8 Å². The average Bonchev–Trinajstić information content (AvgIpc) is 2.19. The average molecular weight is 220 g/mol. The van der Waals surface area contributed by atoms with E-state index in [0.717, 1.165) is 24.2 Å². The minimum atomic E-state index is -0.309. The van der Waals surface area contributed by atoms with Gasteiger partial charge in [0.2, 0.25) is 0 Å². The first-order valence-corrected chi connectivity index (χ1v) is 5.13. The minimum absolute atomic E-state index is 0.122. The molecule has 4 heteroatoms. The zero-order valence-electron chi connectivity index (χ0n) is 9.01. The second-order valence-electron chi connectivity index (χ2n) is 3.79. The molecule has 2 rings (SSSR count). The van der Waals surface area contributed by atoms with Crippen LogP contribution in [0.1, 0.15) is 6.92 Å². The second-order valence-corrected chi connectivity index (χ2v) is 3.79. The summed E-state index contributed by atoms with van der Waals surface area (Å²) in [4.78, 5) is 11.7. The molecule has 0 saturated carbocycles. The van der Waals surface area contributed by atoms with Crippen LogP contribution in [0.3, 0.4) is 0 Å². The lowest BCUT2D eigenvalue weighted by molar-refractivity contribution is -0.112. The van der Waals surface area contributed by atoms with Gasteiger partial charge >= 0.3 is 0 Å². The Morgan fingerprint density at radius 2 is 1.94 bits per heavy atom. The Balaban J connectivity index is 2.04. The van der Waals surface area contributed by atoms with Crippen molar-refractivity contribution >= 4 is 11.6 Å². The highest BCUT2D eigenvalue weighted by Crippen LogP contribution is 2.13. The molecule has 1 aromatic rings. The topological polar surface area (TPSA) is 41.1 Å².